The van der Waals surface area contributed by atoms with Crippen molar-refractivity contribution in [1.82, 2.24) is 5.32 Å². The van der Waals surface area contributed by atoms with Crippen molar-refractivity contribution < 1.29 is 0 Å². The quantitative estimate of drug-likeness (QED) is 0.623. The van der Waals surface area contributed by atoms with E-state index in [4.69, 9.17) is 0 Å². The topological polar surface area (TPSA) is 12.0 Å². The van der Waals surface area contributed by atoms with E-state index in [0.717, 1.165) is 6.42 Å². The molecule has 0 spiro atoms. The van der Waals surface area contributed by atoms with Gasteiger partial charge in [0.1, 0.15) is 0 Å². The Hall–Kier alpha value is -0.460. The normalized spacial score (nSPS) is 29.1. The molecule has 0 amide bonds. The molecule has 1 heteroatoms. The summed E-state index contributed by atoms with van der Waals surface area (Å²) in [6.07, 6.45) is 1.13. The van der Waals surface area contributed by atoms with Crippen LogP contribution in [0.1, 0.15) is 48.0 Å². The van der Waals surface area contributed by atoms with E-state index in [0.29, 0.717) is 22.8 Å². The minimum absolute atomic E-state index is 0.317. The monoisotopic (exact) mass is 195 g/mol. The fraction of sp³-hybridized carbons (Fsp3) is 0.846. The van der Waals surface area contributed by atoms with Gasteiger partial charge in [-0.25, -0.2) is 0 Å². The Bertz CT molecular complexity index is 203. The highest BCUT2D eigenvalue weighted by molar-refractivity contribution is 5.11. The van der Waals surface area contributed by atoms with Gasteiger partial charge in [-0.3, -0.25) is 0 Å². The fourth-order valence-electron chi connectivity index (χ4n) is 2.39. The average molecular weight is 195 g/mol. The molecule has 82 valence electrons. The van der Waals surface area contributed by atoms with E-state index in [9.17, 15) is 0 Å². The Morgan fingerprint density at radius 1 is 1.07 bits per heavy atom. The van der Waals surface area contributed by atoms with Gasteiger partial charge in [0.2, 0.25) is 0 Å². The summed E-state index contributed by atoms with van der Waals surface area (Å²) in [5.74, 6) is 0.704. The standard InChI is InChI=1S/C13H25N/c1-9-8-10(12(2,3)4)11(14-9)13(5,6)7/h10-11,14H,1,8H2,2-7H3. The predicted octanol–water partition coefficient (Wildman–Crippen LogP) is 3.57. The zero-order valence-electron chi connectivity index (χ0n) is 10.6. The SMILES string of the molecule is C=C1CC(C(C)(C)C)C(C(C)(C)C)N1. The van der Waals surface area contributed by atoms with Crippen molar-refractivity contribution in [2.45, 2.75) is 54.0 Å². The van der Waals surface area contributed by atoms with E-state index < -0.39 is 0 Å². The van der Waals surface area contributed by atoms with E-state index in [-0.39, 0.29) is 0 Å². The Balaban J connectivity index is 2.89. The van der Waals surface area contributed by atoms with Crippen LogP contribution in [0.5, 0.6) is 0 Å². The molecule has 1 aliphatic rings. The first-order valence-electron chi connectivity index (χ1n) is 5.56. The molecule has 1 heterocycles. The maximum Gasteiger partial charge on any atom is 0.0343 e. The molecule has 0 aromatic carbocycles. The minimum atomic E-state index is 0.317. The third-order valence-electron chi connectivity index (χ3n) is 3.27. The van der Waals surface area contributed by atoms with Gasteiger partial charge in [-0.1, -0.05) is 48.1 Å². The van der Waals surface area contributed by atoms with Crippen molar-refractivity contribution in [3.8, 4) is 0 Å². The van der Waals surface area contributed by atoms with Crippen LogP contribution in [-0.4, -0.2) is 6.04 Å². The summed E-state index contributed by atoms with van der Waals surface area (Å²) >= 11 is 0. The van der Waals surface area contributed by atoms with Crippen LogP contribution in [0.3, 0.4) is 0 Å². The molecule has 0 aliphatic carbocycles. The zero-order valence-corrected chi connectivity index (χ0v) is 10.6. The molecule has 0 saturated carbocycles. The second kappa shape index (κ2) is 3.29. The Labute approximate surface area is 89.0 Å². The van der Waals surface area contributed by atoms with Gasteiger partial charge in [-0.2, -0.15) is 0 Å². The molecule has 2 atom stereocenters. The summed E-state index contributed by atoms with van der Waals surface area (Å²) in [5, 5.41) is 3.56. The van der Waals surface area contributed by atoms with Crippen molar-refractivity contribution >= 4 is 0 Å². The fourth-order valence-corrected chi connectivity index (χ4v) is 2.39. The summed E-state index contributed by atoms with van der Waals surface area (Å²) in [4.78, 5) is 0. The molecule has 1 aliphatic heterocycles. The summed E-state index contributed by atoms with van der Waals surface area (Å²) in [6, 6.07) is 0.565. The van der Waals surface area contributed by atoms with Gasteiger partial charge in [0.25, 0.3) is 0 Å². The summed E-state index contributed by atoms with van der Waals surface area (Å²) < 4.78 is 0. The highest BCUT2D eigenvalue weighted by atomic mass is 15.0. The van der Waals surface area contributed by atoms with Crippen molar-refractivity contribution in [2.75, 3.05) is 0 Å². The van der Waals surface area contributed by atoms with E-state index >= 15 is 0 Å². The van der Waals surface area contributed by atoms with Gasteiger partial charge in [0.05, 0.1) is 0 Å². The molecular weight excluding hydrogens is 170 g/mol. The largest absolute Gasteiger partial charge is 0.385 e. The Kier molecular flexibility index (Phi) is 2.73. The van der Waals surface area contributed by atoms with Gasteiger partial charge in [-0.05, 0) is 23.2 Å². The molecule has 1 N–H and O–H groups in total. The summed E-state index contributed by atoms with van der Waals surface area (Å²) in [7, 11) is 0. The number of nitrogens with one attached hydrogen (secondary N) is 1. The molecule has 0 aromatic rings. The van der Waals surface area contributed by atoms with Gasteiger partial charge in [0, 0.05) is 11.7 Å². The van der Waals surface area contributed by atoms with Gasteiger partial charge in [0.15, 0.2) is 0 Å². The van der Waals surface area contributed by atoms with E-state index in [1.54, 1.807) is 0 Å². The van der Waals surface area contributed by atoms with Crippen LogP contribution in [0.4, 0.5) is 0 Å². The van der Waals surface area contributed by atoms with Crippen LogP contribution < -0.4 is 5.32 Å². The lowest BCUT2D eigenvalue weighted by molar-refractivity contribution is 0.142. The van der Waals surface area contributed by atoms with Crippen LogP contribution in [0.15, 0.2) is 12.3 Å². The van der Waals surface area contributed by atoms with Gasteiger partial charge >= 0.3 is 0 Å². The lowest BCUT2D eigenvalue weighted by atomic mass is 9.69. The summed E-state index contributed by atoms with van der Waals surface area (Å²) in [6.45, 7) is 18.0. The molecule has 0 aromatic heterocycles. The highest BCUT2D eigenvalue weighted by Gasteiger charge is 2.42. The molecule has 1 saturated heterocycles. The number of hydrogen-bond acceptors (Lipinski definition) is 1. The molecule has 0 bridgehead atoms. The van der Waals surface area contributed by atoms with Crippen LogP contribution >= 0.6 is 0 Å². The molecule has 1 nitrogen and oxygen atoms in total. The first-order chi connectivity index (χ1) is 6.12. The zero-order chi connectivity index (χ0) is 11.1. The minimum Gasteiger partial charge on any atom is -0.385 e. The van der Waals surface area contributed by atoms with Crippen LogP contribution in [0.25, 0.3) is 0 Å². The third-order valence-corrected chi connectivity index (χ3v) is 3.27. The van der Waals surface area contributed by atoms with Gasteiger partial charge in [-0.15, -0.1) is 0 Å². The second-order valence-electron chi connectivity index (χ2n) is 6.77. The first kappa shape index (κ1) is 11.6. The van der Waals surface area contributed by atoms with Crippen molar-refractivity contribution in [1.29, 1.82) is 0 Å². The maximum absolute atomic E-state index is 4.07. The van der Waals surface area contributed by atoms with Gasteiger partial charge < -0.3 is 5.32 Å². The lowest BCUT2D eigenvalue weighted by Crippen LogP contribution is -2.43. The molecule has 14 heavy (non-hydrogen) atoms. The van der Waals surface area contributed by atoms with Crippen LogP contribution in [-0.2, 0) is 0 Å². The van der Waals surface area contributed by atoms with Crippen LogP contribution in [0.2, 0.25) is 0 Å². The van der Waals surface area contributed by atoms with E-state index in [1.165, 1.54) is 5.70 Å². The number of rotatable bonds is 0. The molecule has 1 fully saturated rings. The number of allylic oxidation sites excluding steroid dienone is 1. The molecule has 2 unspecified atom stereocenters. The van der Waals surface area contributed by atoms with Crippen molar-refractivity contribution in [2.24, 2.45) is 16.7 Å². The Morgan fingerprint density at radius 2 is 1.57 bits per heavy atom. The first-order valence-corrected chi connectivity index (χ1v) is 5.56. The maximum atomic E-state index is 4.07. The van der Waals surface area contributed by atoms with Crippen LogP contribution in [0, 0.1) is 16.7 Å². The second-order valence-corrected chi connectivity index (χ2v) is 6.77. The van der Waals surface area contributed by atoms with E-state index in [1.807, 2.05) is 0 Å². The highest BCUT2D eigenvalue weighted by Crippen LogP contribution is 2.43. The lowest BCUT2D eigenvalue weighted by Gasteiger charge is -2.38. The molecule has 0 radical (unpaired) electrons. The average Bonchev–Trinajstić information content (AvgIpc) is 2.27. The van der Waals surface area contributed by atoms with Crippen molar-refractivity contribution in [3.05, 3.63) is 12.3 Å². The number of hydrogen-bond donors (Lipinski definition) is 1. The smallest absolute Gasteiger partial charge is 0.0343 e. The van der Waals surface area contributed by atoms with Crippen molar-refractivity contribution in [3.63, 3.8) is 0 Å². The molecular formula is C13H25N. The molecule has 1 rings (SSSR count). The Morgan fingerprint density at radius 3 is 1.86 bits per heavy atom. The van der Waals surface area contributed by atoms with E-state index in [2.05, 4.69) is 53.4 Å². The summed E-state index contributed by atoms with van der Waals surface area (Å²) in [5.41, 5.74) is 1.90. The predicted molar refractivity (Wildman–Crippen MR) is 63.1 cm³/mol. The third kappa shape index (κ3) is 2.31.